The summed E-state index contributed by atoms with van der Waals surface area (Å²) in [6.07, 6.45) is 0. The molecule has 0 aliphatic heterocycles. The minimum Gasteiger partial charge on any atom is -0.394 e. The molecule has 0 amide bonds. The van der Waals surface area contributed by atoms with Gasteiger partial charge in [-0.1, -0.05) is 0 Å². The van der Waals surface area contributed by atoms with Crippen LogP contribution in [0.3, 0.4) is 0 Å². The Morgan fingerprint density at radius 2 is 2.38 bits per heavy atom. The van der Waals surface area contributed by atoms with Crippen LogP contribution in [0.5, 0.6) is 0 Å². The number of aliphatic hydroxyl groups excluding tert-OH is 1. The maximum absolute atomic E-state index is 10.4. The number of nitrogens with one attached hydrogen (secondary N) is 1. The number of carbonyl (C=O) groups is 1. The van der Waals surface area contributed by atoms with Gasteiger partial charge in [-0.25, -0.2) is 0 Å². The van der Waals surface area contributed by atoms with Gasteiger partial charge in [-0.2, -0.15) is 0 Å². The van der Waals surface area contributed by atoms with Crippen LogP contribution in [0.25, 0.3) is 0 Å². The number of hydrogen-bond acceptors (Lipinski definition) is 3. The molecule has 0 aliphatic rings. The summed E-state index contributed by atoms with van der Waals surface area (Å²) in [5.41, 5.74) is 0. The van der Waals surface area contributed by atoms with Gasteiger partial charge in [0.15, 0.2) is 0 Å². The second-order valence-corrected chi connectivity index (χ2v) is 1.63. The van der Waals surface area contributed by atoms with E-state index in [-0.39, 0.29) is 18.4 Å². The Bertz CT molecular complexity index is 78.5. The molecule has 48 valence electrons. The molecule has 2 N–H and O–H groups in total. The third-order valence-corrected chi connectivity index (χ3v) is 1.02. The molecule has 3 heteroatoms. The number of carbonyl (C=O) groups excluding carboxylic acids is 1. The Hall–Kier alpha value is -0.410. The highest BCUT2D eigenvalue weighted by molar-refractivity contribution is 5.81. The monoisotopic (exact) mass is 117 g/mol. The largest absolute Gasteiger partial charge is 0.394 e. The maximum atomic E-state index is 10.4. The fourth-order valence-electron chi connectivity index (χ4n) is 0.423. The Balaban J connectivity index is 3.52. The second kappa shape index (κ2) is 3.57. The smallest absolute Gasteiger partial charge is 0.149 e. The highest BCUT2D eigenvalue weighted by Gasteiger charge is 2.07. The zero-order chi connectivity index (χ0) is 6.57. The molecular formula is C5H11NO2. The van der Waals surface area contributed by atoms with Crippen LogP contribution >= 0.6 is 0 Å². The summed E-state index contributed by atoms with van der Waals surface area (Å²) in [5.74, 6) is -0.0324. The van der Waals surface area contributed by atoms with E-state index in [1.54, 1.807) is 7.05 Å². The minimum absolute atomic E-state index is 0.0324. The Kier molecular flexibility index (Phi) is 3.39. The van der Waals surface area contributed by atoms with E-state index in [0.29, 0.717) is 0 Å². The van der Waals surface area contributed by atoms with Crippen molar-refractivity contribution in [1.82, 2.24) is 5.32 Å². The summed E-state index contributed by atoms with van der Waals surface area (Å²) >= 11 is 0. The Labute approximate surface area is 48.7 Å². The average Bonchev–Trinajstić information content (AvgIpc) is 1.69. The predicted octanol–water partition coefficient (Wildman–Crippen LogP) is -0.844. The molecule has 0 unspecified atom stereocenters. The van der Waals surface area contributed by atoms with E-state index < -0.39 is 0 Å². The zero-order valence-corrected chi connectivity index (χ0v) is 5.14. The SMILES string of the molecule is CN[C@H](CO)C(C)=O. The molecular weight excluding hydrogens is 106 g/mol. The van der Waals surface area contributed by atoms with E-state index in [4.69, 9.17) is 5.11 Å². The van der Waals surface area contributed by atoms with Crippen LogP contribution in [0.15, 0.2) is 0 Å². The van der Waals surface area contributed by atoms with Crippen LogP contribution in [0, 0.1) is 0 Å². The lowest BCUT2D eigenvalue weighted by Gasteiger charge is -2.06. The van der Waals surface area contributed by atoms with E-state index in [2.05, 4.69) is 5.32 Å². The van der Waals surface area contributed by atoms with Crippen molar-refractivity contribution in [3.8, 4) is 0 Å². The number of aliphatic hydroxyl groups is 1. The quantitative estimate of drug-likeness (QED) is 0.506. The molecule has 0 aromatic carbocycles. The van der Waals surface area contributed by atoms with Crippen LogP contribution in [-0.4, -0.2) is 30.6 Å². The average molecular weight is 117 g/mol. The van der Waals surface area contributed by atoms with Crippen LogP contribution < -0.4 is 5.32 Å². The van der Waals surface area contributed by atoms with Gasteiger partial charge in [0, 0.05) is 0 Å². The van der Waals surface area contributed by atoms with Gasteiger partial charge in [-0.3, -0.25) is 4.79 Å². The number of likely N-dealkylation sites (N-methyl/N-ethyl adjacent to an activating group) is 1. The topological polar surface area (TPSA) is 49.3 Å². The second-order valence-electron chi connectivity index (χ2n) is 1.63. The van der Waals surface area contributed by atoms with E-state index in [1.165, 1.54) is 6.92 Å². The molecule has 0 fully saturated rings. The molecule has 0 bridgehead atoms. The molecule has 1 atom stereocenters. The fourth-order valence-corrected chi connectivity index (χ4v) is 0.423. The lowest BCUT2D eigenvalue weighted by Crippen LogP contribution is -2.35. The van der Waals surface area contributed by atoms with Crippen LogP contribution in [-0.2, 0) is 4.79 Å². The molecule has 0 aromatic rings. The molecule has 0 aliphatic carbocycles. The molecule has 0 rings (SSSR count). The van der Waals surface area contributed by atoms with Crippen LogP contribution in [0.2, 0.25) is 0 Å². The normalized spacial score (nSPS) is 13.4. The number of hydrogen-bond donors (Lipinski definition) is 2. The van der Waals surface area contributed by atoms with E-state index in [9.17, 15) is 4.79 Å². The van der Waals surface area contributed by atoms with E-state index >= 15 is 0 Å². The minimum atomic E-state index is -0.380. The van der Waals surface area contributed by atoms with Crippen molar-refractivity contribution in [1.29, 1.82) is 0 Å². The molecule has 3 nitrogen and oxygen atoms in total. The van der Waals surface area contributed by atoms with Gasteiger partial charge < -0.3 is 10.4 Å². The number of rotatable bonds is 3. The fraction of sp³-hybridized carbons (Fsp3) is 0.800. The first kappa shape index (κ1) is 7.59. The molecule has 0 saturated heterocycles. The predicted molar refractivity (Wildman–Crippen MR) is 30.6 cm³/mol. The Morgan fingerprint density at radius 1 is 1.88 bits per heavy atom. The van der Waals surface area contributed by atoms with Gasteiger partial charge in [-0.05, 0) is 14.0 Å². The van der Waals surface area contributed by atoms with Crippen molar-refractivity contribution in [2.24, 2.45) is 0 Å². The first-order chi connectivity index (χ1) is 3.72. The molecule has 0 spiro atoms. The van der Waals surface area contributed by atoms with Gasteiger partial charge in [0.2, 0.25) is 0 Å². The summed E-state index contributed by atoms with van der Waals surface area (Å²) in [5, 5.41) is 11.1. The van der Waals surface area contributed by atoms with Crippen molar-refractivity contribution in [3.05, 3.63) is 0 Å². The lowest BCUT2D eigenvalue weighted by molar-refractivity contribution is -0.119. The summed E-state index contributed by atoms with van der Waals surface area (Å²) in [4.78, 5) is 10.4. The van der Waals surface area contributed by atoms with E-state index in [0.717, 1.165) is 0 Å². The third-order valence-electron chi connectivity index (χ3n) is 1.02. The first-order valence-corrected chi connectivity index (χ1v) is 2.51. The van der Waals surface area contributed by atoms with Gasteiger partial charge >= 0.3 is 0 Å². The number of ketones is 1. The standard InChI is InChI=1S/C5H11NO2/c1-4(8)5(3-7)6-2/h5-7H,3H2,1-2H3/t5-/m1/s1. The molecule has 0 saturated carbocycles. The number of Topliss-reactive ketones (excluding diaryl/α,β-unsaturated/α-hetero) is 1. The maximum Gasteiger partial charge on any atom is 0.149 e. The van der Waals surface area contributed by atoms with E-state index in [1.807, 2.05) is 0 Å². The van der Waals surface area contributed by atoms with Crippen molar-refractivity contribution < 1.29 is 9.90 Å². The molecule has 0 aromatic heterocycles. The molecule has 0 radical (unpaired) electrons. The van der Waals surface area contributed by atoms with Crippen molar-refractivity contribution in [2.45, 2.75) is 13.0 Å². The highest BCUT2D eigenvalue weighted by atomic mass is 16.3. The lowest BCUT2D eigenvalue weighted by atomic mass is 10.2. The highest BCUT2D eigenvalue weighted by Crippen LogP contribution is 1.79. The van der Waals surface area contributed by atoms with Gasteiger partial charge in [0.25, 0.3) is 0 Å². The molecule has 0 heterocycles. The van der Waals surface area contributed by atoms with Crippen molar-refractivity contribution >= 4 is 5.78 Å². The molecule has 8 heavy (non-hydrogen) atoms. The summed E-state index contributed by atoms with van der Waals surface area (Å²) in [6, 6.07) is -0.380. The van der Waals surface area contributed by atoms with Gasteiger partial charge in [0.05, 0.1) is 12.6 Å². The zero-order valence-electron chi connectivity index (χ0n) is 5.14. The summed E-state index contributed by atoms with van der Waals surface area (Å²) < 4.78 is 0. The van der Waals surface area contributed by atoms with Crippen LogP contribution in [0.4, 0.5) is 0 Å². The van der Waals surface area contributed by atoms with Crippen molar-refractivity contribution in [3.63, 3.8) is 0 Å². The van der Waals surface area contributed by atoms with Crippen LogP contribution in [0.1, 0.15) is 6.92 Å². The summed E-state index contributed by atoms with van der Waals surface area (Å²) in [6.45, 7) is 1.32. The van der Waals surface area contributed by atoms with Gasteiger partial charge in [0.1, 0.15) is 5.78 Å². The third kappa shape index (κ3) is 2.04. The first-order valence-electron chi connectivity index (χ1n) is 2.51. The van der Waals surface area contributed by atoms with Crippen molar-refractivity contribution in [2.75, 3.05) is 13.7 Å². The van der Waals surface area contributed by atoms with Gasteiger partial charge in [-0.15, -0.1) is 0 Å². The summed E-state index contributed by atoms with van der Waals surface area (Å²) in [7, 11) is 1.64. The Morgan fingerprint density at radius 3 is 2.38 bits per heavy atom.